The first-order valence-corrected chi connectivity index (χ1v) is 5.97. The molecule has 102 valence electrons. The molecule has 0 amide bonds. The molecule has 0 fully saturated rings. The largest absolute Gasteiger partial charge is 0.269 e. The molecule has 0 atom stereocenters. The maximum Gasteiger partial charge on any atom is 0.269 e. The molecule has 0 saturated heterocycles. The highest BCUT2D eigenvalue weighted by molar-refractivity contribution is 5.41. The standard InChI is InChI=1S/C14H12N2O4/c1-10(11-2-6-13(7-3-11)15(17)18)12-4-8-14(9-5-12)16(19)20/h2-10H,1H3. The summed E-state index contributed by atoms with van der Waals surface area (Å²) in [6.45, 7) is 1.95. The summed E-state index contributed by atoms with van der Waals surface area (Å²) < 4.78 is 0. The third-order valence-electron chi connectivity index (χ3n) is 3.21. The summed E-state index contributed by atoms with van der Waals surface area (Å²) in [4.78, 5) is 20.3. The van der Waals surface area contributed by atoms with Gasteiger partial charge in [-0.25, -0.2) is 0 Å². The van der Waals surface area contributed by atoms with Crippen molar-refractivity contribution in [2.45, 2.75) is 12.8 Å². The molecule has 2 aromatic carbocycles. The van der Waals surface area contributed by atoms with E-state index >= 15 is 0 Å². The Bertz CT molecular complexity index is 578. The molecule has 0 aromatic heterocycles. The number of rotatable bonds is 4. The third-order valence-corrected chi connectivity index (χ3v) is 3.21. The molecule has 0 aliphatic carbocycles. The Kier molecular flexibility index (Phi) is 3.74. The molecule has 0 radical (unpaired) electrons. The van der Waals surface area contributed by atoms with E-state index in [9.17, 15) is 20.2 Å². The molecule has 0 N–H and O–H groups in total. The summed E-state index contributed by atoms with van der Waals surface area (Å²) in [5.41, 5.74) is 1.93. The zero-order chi connectivity index (χ0) is 14.7. The smallest absolute Gasteiger partial charge is 0.258 e. The highest BCUT2D eigenvalue weighted by Crippen LogP contribution is 2.27. The summed E-state index contributed by atoms with van der Waals surface area (Å²) in [7, 11) is 0. The monoisotopic (exact) mass is 272 g/mol. The van der Waals surface area contributed by atoms with Crippen LogP contribution in [0.4, 0.5) is 11.4 Å². The van der Waals surface area contributed by atoms with E-state index in [-0.39, 0.29) is 17.3 Å². The minimum absolute atomic E-state index is 0.0107. The van der Waals surface area contributed by atoms with Gasteiger partial charge in [0.15, 0.2) is 0 Å². The average Bonchev–Trinajstić information content (AvgIpc) is 2.46. The molecule has 0 saturated carbocycles. The van der Waals surface area contributed by atoms with E-state index in [1.807, 2.05) is 6.92 Å². The lowest BCUT2D eigenvalue weighted by Crippen LogP contribution is -1.97. The van der Waals surface area contributed by atoms with Crippen LogP contribution in [0.15, 0.2) is 48.5 Å². The van der Waals surface area contributed by atoms with Crippen molar-refractivity contribution >= 4 is 11.4 Å². The second-order valence-electron chi connectivity index (χ2n) is 4.42. The van der Waals surface area contributed by atoms with Crippen LogP contribution in [0.25, 0.3) is 0 Å². The van der Waals surface area contributed by atoms with Gasteiger partial charge < -0.3 is 0 Å². The fourth-order valence-electron chi connectivity index (χ4n) is 1.96. The molecule has 2 rings (SSSR count). The van der Waals surface area contributed by atoms with E-state index in [1.54, 1.807) is 24.3 Å². The number of hydrogen-bond donors (Lipinski definition) is 0. The Morgan fingerprint density at radius 1 is 0.750 bits per heavy atom. The minimum Gasteiger partial charge on any atom is -0.258 e. The zero-order valence-corrected chi connectivity index (χ0v) is 10.7. The quantitative estimate of drug-likeness (QED) is 0.627. The lowest BCUT2D eigenvalue weighted by atomic mass is 9.93. The molecule has 0 aliphatic rings. The molecule has 6 heteroatoms. The van der Waals surface area contributed by atoms with Gasteiger partial charge in [0.05, 0.1) is 9.85 Å². The summed E-state index contributed by atoms with van der Waals surface area (Å²) in [5, 5.41) is 21.2. The molecule has 2 aromatic rings. The topological polar surface area (TPSA) is 86.3 Å². The van der Waals surface area contributed by atoms with E-state index in [0.29, 0.717) is 0 Å². The number of benzene rings is 2. The predicted molar refractivity (Wildman–Crippen MR) is 73.7 cm³/mol. The van der Waals surface area contributed by atoms with Crippen LogP contribution >= 0.6 is 0 Å². The SMILES string of the molecule is CC(c1ccc([N+](=O)[O-])cc1)c1ccc([N+](=O)[O-])cc1. The van der Waals surface area contributed by atoms with Gasteiger partial charge in [-0.2, -0.15) is 0 Å². The van der Waals surface area contributed by atoms with Crippen molar-refractivity contribution in [1.29, 1.82) is 0 Å². The summed E-state index contributed by atoms with van der Waals surface area (Å²) >= 11 is 0. The molecule has 0 heterocycles. The predicted octanol–water partition coefficient (Wildman–Crippen LogP) is 3.65. The Morgan fingerprint density at radius 3 is 1.30 bits per heavy atom. The maximum atomic E-state index is 10.6. The highest BCUT2D eigenvalue weighted by atomic mass is 16.6. The van der Waals surface area contributed by atoms with Crippen molar-refractivity contribution in [2.24, 2.45) is 0 Å². The van der Waals surface area contributed by atoms with Crippen molar-refractivity contribution in [1.82, 2.24) is 0 Å². The minimum atomic E-state index is -0.444. The summed E-state index contributed by atoms with van der Waals surface area (Å²) in [5.74, 6) is 0.0107. The Morgan fingerprint density at radius 2 is 1.05 bits per heavy atom. The number of nitro benzene ring substituents is 2. The number of non-ortho nitro benzene ring substituents is 2. The Hall–Kier alpha value is -2.76. The van der Waals surface area contributed by atoms with Crippen LogP contribution in [-0.2, 0) is 0 Å². The highest BCUT2D eigenvalue weighted by Gasteiger charge is 2.12. The molecule has 6 nitrogen and oxygen atoms in total. The van der Waals surface area contributed by atoms with Crippen molar-refractivity contribution in [2.75, 3.05) is 0 Å². The van der Waals surface area contributed by atoms with Gasteiger partial charge in [-0.05, 0) is 11.1 Å². The van der Waals surface area contributed by atoms with Crippen LogP contribution in [0.5, 0.6) is 0 Å². The van der Waals surface area contributed by atoms with Crippen LogP contribution in [0.2, 0.25) is 0 Å². The molecule has 20 heavy (non-hydrogen) atoms. The van der Waals surface area contributed by atoms with Crippen LogP contribution in [0.3, 0.4) is 0 Å². The maximum absolute atomic E-state index is 10.6. The van der Waals surface area contributed by atoms with Gasteiger partial charge in [-0.3, -0.25) is 20.2 Å². The Balaban J connectivity index is 2.24. The number of nitro groups is 2. The third kappa shape index (κ3) is 2.80. The average molecular weight is 272 g/mol. The van der Waals surface area contributed by atoms with Gasteiger partial charge in [0, 0.05) is 30.2 Å². The normalized spacial score (nSPS) is 10.5. The first-order valence-electron chi connectivity index (χ1n) is 5.97. The van der Waals surface area contributed by atoms with Crippen LogP contribution in [0, 0.1) is 20.2 Å². The van der Waals surface area contributed by atoms with E-state index in [1.165, 1.54) is 24.3 Å². The zero-order valence-electron chi connectivity index (χ0n) is 10.7. The van der Waals surface area contributed by atoms with E-state index in [2.05, 4.69) is 0 Å². The van der Waals surface area contributed by atoms with Gasteiger partial charge in [-0.1, -0.05) is 31.2 Å². The molecular formula is C14H12N2O4. The van der Waals surface area contributed by atoms with E-state index < -0.39 is 9.85 Å². The lowest BCUT2D eigenvalue weighted by Gasteiger charge is -2.11. The second-order valence-corrected chi connectivity index (χ2v) is 4.42. The van der Waals surface area contributed by atoms with Crippen molar-refractivity contribution < 1.29 is 9.85 Å². The second kappa shape index (κ2) is 5.48. The van der Waals surface area contributed by atoms with Crippen molar-refractivity contribution in [3.63, 3.8) is 0 Å². The molecule has 0 unspecified atom stereocenters. The van der Waals surface area contributed by atoms with Crippen LogP contribution in [0.1, 0.15) is 24.0 Å². The van der Waals surface area contributed by atoms with E-state index in [0.717, 1.165) is 11.1 Å². The van der Waals surface area contributed by atoms with Crippen LogP contribution < -0.4 is 0 Å². The van der Waals surface area contributed by atoms with Crippen LogP contribution in [-0.4, -0.2) is 9.85 Å². The summed E-state index contributed by atoms with van der Waals surface area (Å²) in [6.07, 6.45) is 0. The van der Waals surface area contributed by atoms with Crippen molar-refractivity contribution in [3.05, 3.63) is 79.9 Å². The van der Waals surface area contributed by atoms with Gasteiger partial charge in [0.2, 0.25) is 0 Å². The van der Waals surface area contributed by atoms with Crippen molar-refractivity contribution in [3.8, 4) is 0 Å². The number of hydrogen-bond acceptors (Lipinski definition) is 4. The number of nitrogens with zero attached hydrogens (tertiary/aromatic N) is 2. The van der Waals surface area contributed by atoms with E-state index in [4.69, 9.17) is 0 Å². The van der Waals surface area contributed by atoms with Gasteiger partial charge in [0.1, 0.15) is 0 Å². The van der Waals surface area contributed by atoms with Gasteiger partial charge in [0.25, 0.3) is 11.4 Å². The first kappa shape index (κ1) is 13.7. The Labute approximate surface area is 115 Å². The van der Waals surface area contributed by atoms with Gasteiger partial charge in [-0.15, -0.1) is 0 Å². The molecule has 0 bridgehead atoms. The molecule has 0 aliphatic heterocycles. The summed E-state index contributed by atoms with van der Waals surface area (Å²) in [6, 6.07) is 12.6. The van der Waals surface area contributed by atoms with Gasteiger partial charge >= 0.3 is 0 Å². The fraction of sp³-hybridized carbons (Fsp3) is 0.143. The molecular weight excluding hydrogens is 260 g/mol. The molecule has 0 spiro atoms. The lowest BCUT2D eigenvalue weighted by molar-refractivity contribution is -0.385. The fourth-order valence-corrected chi connectivity index (χ4v) is 1.96. The first-order chi connectivity index (χ1) is 9.49.